The summed E-state index contributed by atoms with van der Waals surface area (Å²) in [7, 11) is 0. The van der Waals surface area contributed by atoms with Crippen LogP contribution in [0.1, 0.15) is 28.9 Å². The van der Waals surface area contributed by atoms with Crippen molar-refractivity contribution in [3.8, 4) is 0 Å². The number of nitrogens with one attached hydrogen (secondary N) is 1. The van der Waals surface area contributed by atoms with Crippen LogP contribution in [-0.2, 0) is 17.8 Å². The van der Waals surface area contributed by atoms with Crippen molar-refractivity contribution in [1.82, 2.24) is 15.0 Å². The molecule has 0 unspecified atom stereocenters. The number of nitrogens with zero attached hydrogens (tertiary/aromatic N) is 2. The molecule has 0 aliphatic carbocycles. The number of benzene rings is 2. The van der Waals surface area contributed by atoms with Gasteiger partial charge in [0.1, 0.15) is 11.6 Å². The van der Waals surface area contributed by atoms with Gasteiger partial charge in [0, 0.05) is 13.0 Å². The lowest BCUT2D eigenvalue weighted by Crippen LogP contribution is -2.39. The number of hydroxylamine groups is 1. The predicted octanol–water partition coefficient (Wildman–Crippen LogP) is 2.61. The van der Waals surface area contributed by atoms with E-state index in [9.17, 15) is 9.18 Å². The van der Waals surface area contributed by atoms with Gasteiger partial charge in [0.15, 0.2) is 0 Å². The van der Waals surface area contributed by atoms with E-state index in [1.807, 2.05) is 19.9 Å². The Labute approximate surface area is 156 Å². The molecule has 0 aliphatic heterocycles. The fourth-order valence-corrected chi connectivity index (χ4v) is 3.07. The molecule has 6 nitrogen and oxygen atoms in total. The first-order valence-corrected chi connectivity index (χ1v) is 8.79. The summed E-state index contributed by atoms with van der Waals surface area (Å²) in [6, 6.07) is 9.67. The highest BCUT2D eigenvalue weighted by Crippen LogP contribution is 2.23. The summed E-state index contributed by atoms with van der Waals surface area (Å²) >= 11 is 0. The Morgan fingerprint density at radius 1 is 1.26 bits per heavy atom. The van der Waals surface area contributed by atoms with Crippen molar-refractivity contribution >= 4 is 16.9 Å². The molecule has 0 aliphatic rings. The molecule has 1 atom stereocenters. The second kappa shape index (κ2) is 7.85. The van der Waals surface area contributed by atoms with Gasteiger partial charge in [-0.05, 0) is 61.2 Å². The smallest absolute Gasteiger partial charge is 0.260 e. The summed E-state index contributed by atoms with van der Waals surface area (Å²) in [5, 5.41) is 8.72. The van der Waals surface area contributed by atoms with E-state index in [1.54, 1.807) is 17.6 Å². The van der Waals surface area contributed by atoms with Crippen LogP contribution in [0.15, 0.2) is 36.4 Å². The van der Waals surface area contributed by atoms with Crippen LogP contribution >= 0.6 is 0 Å². The molecular formula is C20H23FN4O2. The maximum atomic E-state index is 13.2. The molecule has 3 rings (SSSR count). The van der Waals surface area contributed by atoms with E-state index in [0.717, 1.165) is 33.5 Å². The van der Waals surface area contributed by atoms with E-state index in [-0.39, 0.29) is 5.82 Å². The van der Waals surface area contributed by atoms with Gasteiger partial charge in [0.05, 0.1) is 17.1 Å². The van der Waals surface area contributed by atoms with Gasteiger partial charge in [0.25, 0.3) is 5.91 Å². The van der Waals surface area contributed by atoms with Gasteiger partial charge in [-0.3, -0.25) is 10.0 Å². The highest BCUT2D eigenvalue weighted by atomic mass is 19.1. The molecule has 142 valence electrons. The van der Waals surface area contributed by atoms with E-state index < -0.39 is 11.9 Å². The average Bonchev–Trinajstić information content (AvgIpc) is 2.97. The minimum atomic E-state index is -0.822. The largest absolute Gasteiger partial charge is 0.323 e. The number of fused-ring (bicyclic) bond motifs is 1. The van der Waals surface area contributed by atoms with Gasteiger partial charge >= 0.3 is 0 Å². The molecule has 1 heterocycles. The zero-order valence-corrected chi connectivity index (χ0v) is 15.4. The van der Waals surface area contributed by atoms with E-state index in [0.29, 0.717) is 19.4 Å². The maximum Gasteiger partial charge on any atom is 0.260 e. The molecule has 0 radical (unpaired) electrons. The van der Waals surface area contributed by atoms with Gasteiger partial charge < -0.3 is 10.3 Å². The Morgan fingerprint density at radius 2 is 1.93 bits per heavy atom. The quantitative estimate of drug-likeness (QED) is 0.459. The SMILES string of the molecule is Cc1cc2nc(CC[C@H](N)C(=O)NO)n(Cc3ccc(F)cc3)c2cc1C. The number of aryl methyl sites for hydroxylation is 3. The van der Waals surface area contributed by atoms with E-state index >= 15 is 0 Å². The zero-order valence-electron chi connectivity index (χ0n) is 15.4. The number of halogens is 1. The van der Waals surface area contributed by atoms with Crippen molar-refractivity contribution in [2.75, 3.05) is 0 Å². The van der Waals surface area contributed by atoms with E-state index in [4.69, 9.17) is 15.9 Å². The normalized spacial score (nSPS) is 12.3. The van der Waals surface area contributed by atoms with Gasteiger partial charge in [-0.1, -0.05) is 12.1 Å². The molecule has 27 heavy (non-hydrogen) atoms. The number of rotatable bonds is 6. The first kappa shape index (κ1) is 19.0. The minimum Gasteiger partial charge on any atom is -0.323 e. The Balaban J connectivity index is 1.97. The lowest BCUT2D eigenvalue weighted by Gasteiger charge is -2.12. The highest BCUT2D eigenvalue weighted by molar-refractivity contribution is 5.80. The Hall–Kier alpha value is -2.77. The Morgan fingerprint density at radius 3 is 2.59 bits per heavy atom. The molecule has 1 amide bonds. The molecule has 2 aromatic carbocycles. The van der Waals surface area contributed by atoms with Crippen LogP contribution < -0.4 is 11.2 Å². The summed E-state index contributed by atoms with van der Waals surface area (Å²) in [6.07, 6.45) is 0.819. The lowest BCUT2D eigenvalue weighted by atomic mass is 10.1. The molecule has 7 heteroatoms. The van der Waals surface area contributed by atoms with Crippen molar-refractivity contribution in [3.63, 3.8) is 0 Å². The minimum absolute atomic E-state index is 0.276. The fraction of sp³-hybridized carbons (Fsp3) is 0.300. The summed E-state index contributed by atoms with van der Waals surface area (Å²) in [4.78, 5) is 16.2. The highest BCUT2D eigenvalue weighted by Gasteiger charge is 2.17. The van der Waals surface area contributed by atoms with Crippen LogP contribution in [0.3, 0.4) is 0 Å². The average molecular weight is 370 g/mol. The first-order valence-electron chi connectivity index (χ1n) is 8.79. The summed E-state index contributed by atoms with van der Waals surface area (Å²) in [5.41, 5.74) is 12.5. The molecule has 0 saturated heterocycles. The number of imidazole rings is 1. The summed E-state index contributed by atoms with van der Waals surface area (Å²) in [6.45, 7) is 4.62. The second-order valence-electron chi connectivity index (χ2n) is 6.79. The third-order valence-corrected chi connectivity index (χ3v) is 4.82. The number of amides is 1. The van der Waals surface area contributed by atoms with Crippen molar-refractivity contribution in [2.45, 2.75) is 39.3 Å². The van der Waals surface area contributed by atoms with Gasteiger partial charge in [-0.25, -0.2) is 14.9 Å². The molecule has 1 aromatic heterocycles. The standard InChI is InChI=1S/C20H23FN4O2/c1-12-9-17-18(10-13(12)2)25(11-14-3-5-15(21)6-4-14)19(23-17)8-7-16(22)20(26)24-27/h3-6,9-10,16,27H,7-8,11,22H2,1-2H3,(H,24,26)/t16-/m0/s1. The van der Waals surface area contributed by atoms with Crippen molar-refractivity contribution in [2.24, 2.45) is 5.73 Å². The van der Waals surface area contributed by atoms with Crippen LogP contribution in [0, 0.1) is 19.7 Å². The van der Waals surface area contributed by atoms with Gasteiger partial charge in [0.2, 0.25) is 0 Å². The van der Waals surface area contributed by atoms with Crippen LogP contribution in [0.4, 0.5) is 4.39 Å². The maximum absolute atomic E-state index is 13.2. The van der Waals surface area contributed by atoms with E-state index in [2.05, 4.69) is 10.6 Å². The molecule has 3 aromatic rings. The number of aromatic nitrogens is 2. The van der Waals surface area contributed by atoms with Gasteiger partial charge in [-0.2, -0.15) is 0 Å². The Bertz CT molecular complexity index is 966. The second-order valence-corrected chi connectivity index (χ2v) is 6.79. The summed E-state index contributed by atoms with van der Waals surface area (Å²) < 4.78 is 15.3. The first-order chi connectivity index (χ1) is 12.9. The number of carbonyl (C=O) groups excluding carboxylic acids is 1. The van der Waals surface area contributed by atoms with Crippen molar-refractivity contribution in [3.05, 3.63) is 64.7 Å². The van der Waals surface area contributed by atoms with Gasteiger partial charge in [-0.15, -0.1) is 0 Å². The fourth-order valence-electron chi connectivity index (χ4n) is 3.07. The lowest BCUT2D eigenvalue weighted by molar-refractivity contribution is -0.130. The van der Waals surface area contributed by atoms with Crippen molar-refractivity contribution < 1.29 is 14.4 Å². The molecular weight excluding hydrogens is 347 g/mol. The summed E-state index contributed by atoms with van der Waals surface area (Å²) in [5.74, 6) is -0.106. The monoisotopic (exact) mass is 370 g/mol. The van der Waals surface area contributed by atoms with Crippen molar-refractivity contribution in [1.29, 1.82) is 0 Å². The number of nitrogens with two attached hydrogens (primary N) is 1. The predicted molar refractivity (Wildman–Crippen MR) is 101 cm³/mol. The number of hydrogen-bond acceptors (Lipinski definition) is 4. The van der Waals surface area contributed by atoms with Crippen LogP contribution in [0.5, 0.6) is 0 Å². The van der Waals surface area contributed by atoms with E-state index in [1.165, 1.54) is 12.1 Å². The third-order valence-electron chi connectivity index (χ3n) is 4.82. The zero-order chi connectivity index (χ0) is 19.6. The number of hydrogen-bond donors (Lipinski definition) is 3. The van der Waals surface area contributed by atoms with Crippen LogP contribution in [0.25, 0.3) is 11.0 Å². The molecule has 0 saturated carbocycles. The molecule has 0 bridgehead atoms. The van der Waals surface area contributed by atoms with Crippen LogP contribution in [-0.4, -0.2) is 26.7 Å². The molecule has 0 fully saturated rings. The Kier molecular flexibility index (Phi) is 5.53. The molecule has 4 N–H and O–H groups in total. The topological polar surface area (TPSA) is 93.2 Å². The third kappa shape index (κ3) is 4.15. The number of carbonyl (C=O) groups is 1. The van der Waals surface area contributed by atoms with Crippen LogP contribution in [0.2, 0.25) is 0 Å². The molecule has 0 spiro atoms.